The van der Waals surface area contributed by atoms with Gasteiger partial charge in [-0.2, -0.15) is 4.98 Å². The van der Waals surface area contributed by atoms with Crippen LogP contribution < -0.4 is 4.90 Å². The molecule has 0 aliphatic rings. The normalized spacial score (nSPS) is 11.6. The lowest BCUT2D eigenvalue weighted by Gasteiger charge is -2.33. The fourth-order valence-electron chi connectivity index (χ4n) is 2.78. The Morgan fingerprint density at radius 2 is 1.76 bits per heavy atom. The zero-order chi connectivity index (χ0) is 15.4. The Morgan fingerprint density at radius 1 is 1.10 bits per heavy atom. The molecule has 21 heavy (non-hydrogen) atoms. The van der Waals surface area contributed by atoms with Crippen LogP contribution in [-0.2, 0) is 0 Å². The Kier molecular flexibility index (Phi) is 5.40. The van der Waals surface area contributed by atoms with E-state index < -0.39 is 0 Å². The summed E-state index contributed by atoms with van der Waals surface area (Å²) in [6.07, 6.45) is 2.19. The third-order valence-corrected chi connectivity index (χ3v) is 3.94. The molecule has 0 N–H and O–H groups in total. The Balaban J connectivity index is 2.57. The van der Waals surface area contributed by atoms with E-state index in [9.17, 15) is 0 Å². The van der Waals surface area contributed by atoms with Gasteiger partial charge in [-0.05, 0) is 42.5 Å². The lowest BCUT2D eigenvalue weighted by molar-refractivity contribution is 0.504. The Labute approximate surface area is 132 Å². The predicted octanol–water partition coefficient (Wildman–Crippen LogP) is 4.93. The lowest BCUT2D eigenvalue weighted by Crippen LogP contribution is -2.38. The molecule has 0 unspecified atom stereocenters. The maximum absolute atomic E-state index is 6.15. The molecule has 0 saturated carbocycles. The van der Waals surface area contributed by atoms with E-state index in [0.717, 1.165) is 36.1 Å². The highest BCUT2D eigenvalue weighted by molar-refractivity contribution is 6.28. The quantitative estimate of drug-likeness (QED) is 0.708. The van der Waals surface area contributed by atoms with E-state index in [0.29, 0.717) is 17.2 Å². The van der Waals surface area contributed by atoms with Crippen LogP contribution in [0.15, 0.2) is 24.3 Å². The topological polar surface area (TPSA) is 29.0 Å². The second-order valence-corrected chi connectivity index (χ2v) is 6.19. The van der Waals surface area contributed by atoms with Crippen molar-refractivity contribution in [2.75, 3.05) is 11.4 Å². The molecular weight excluding hydrogens is 282 g/mol. The summed E-state index contributed by atoms with van der Waals surface area (Å²) >= 11 is 6.15. The van der Waals surface area contributed by atoms with Crippen LogP contribution >= 0.6 is 11.6 Å². The van der Waals surface area contributed by atoms with E-state index in [1.807, 2.05) is 18.2 Å². The van der Waals surface area contributed by atoms with Gasteiger partial charge in [0.2, 0.25) is 5.28 Å². The molecule has 1 aromatic heterocycles. The fourth-order valence-corrected chi connectivity index (χ4v) is 2.95. The van der Waals surface area contributed by atoms with E-state index in [1.54, 1.807) is 0 Å². The van der Waals surface area contributed by atoms with Crippen molar-refractivity contribution in [1.29, 1.82) is 0 Å². The minimum absolute atomic E-state index is 0.323. The summed E-state index contributed by atoms with van der Waals surface area (Å²) in [6, 6.07) is 8.56. The molecule has 0 aliphatic heterocycles. The molecule has 0 saturated heterocycles. The van der Waals surface area contributed by atoms with Crippen LogP contribution in [0.5, 0.6) is 0 Å². The van der Waals surface area contributed by atoms with Crippen LogP contribution in [0.2, 0.25) is 5.28 Å². The van der Waals surface area contributed by atoms with Gasteiger partial charge in [0.25, 0.3) is 0 Å². The number of hydrogen-bond donors (Lipinski definition) is 0. The first-order chi connectivity index (χ1) is 10.1. The average molecular weight is 306 g/mol. The third-order valence-electron chi connectivity index (χ3n) is 3.77. The van der Waals surface area contributed by atoms with Crippen molar-refractivity contribution in [2.45, 2.75) is 46.6 Å². The molecule has 2 rings (SSSR count). The van der Waals surface area contributed by atoms with Gasteiger partial charge in [0.1, 0.15) is 5.82 Å². The average Bonchev–Trinajstić information content (AvgIpc) is 2.46. The SMILES string of the molecule is CCC(CC)N(CC(C)C)c1nc(Cl)nc2ccccc12. The van der Waals surface area contributed by atoms with Crippen molar-refractivity contribution in [2.24, 2.45) is 5.92 Å². The van der Waals surface area contributed by atoms with Gasteiger partial charge in [-0.1, -0.05) is 39.8 Å². The number of fused-ring (bicyclic) bond motifs is 1. The fraction of sp³-hybridized carbons (Fsp3) is 0.529. The number of benzene rings is 1. The Hall–Kier alpha value is -1.35. The molecule has 0 fully saturated rings. The van der Waals surface area contributed by atoms with Gasteiger partial charge in [0, 0.05) is 18.0 Å². The number of anilines is 1. The largest absolute Gasteiger partial charge is 0.353 e. The first-order valence-electron chi connectivity index (χ1n) is 7.75. The van der Waals surface area contributed by atoms with Gasteiger partial charge >= 0.3 is 0 Å². The van der Waals surface area contributed by atoms with Crippen LogP contribution in [-0.4, -0.2) is 22.6 Å². The Bertz CT molecular complexity index is 594. The molecule has 0 aliphatic carbocycles. The van der Waals surface area contributed by atoms with Gasteiger partial charge in [0.05, 0.1) is 5.52 Å². The highest BCUT2D eigenvalue weighted by Crippen LogP contribution is 2.29. The molecule has 2 aromatic rings. The number of nitrogens with zero attached hydrogens (tertiary/aromatic N) is 3. The minimum Gasteiger partial charge on any atom is -0.353 e. The molecule has 0 amide bonds. The maximum atomic E-state index is 6.15. The van der Waals surface area contributed by atoms with Crippen LogP contribution in [0.4, 0.5) is 5.82 Å². The van der Waals surface area contributed by atoms with Crippen LogP contribution in [0.25, 0.3) is 10.9 Å². The van der Waals surface area contributed by atoms with Crippen molar-refractivity contribution in [3.8, 4) is 0 Å². The number of hydrogen-bond acceptors (Lipinski definition) is 3. The van der Waals surface area contributed by atoms with E-state index in [2.05, 4.69) is 48.6 Å². The smallest absolute Gasteiger partial charge is 0.224 e. The second-order valence-electron chi connectivity index (χ2n) is 5.85. The van der Waals surface area contributed by atoms with Crippen molar-refractivity contribution in [3.05, 3.63) is 29.5 Å². The second kappa shape index (κ2) is 7.08. The zero-order valence-electron chi connectivity index (χ0n) is 13.3. The molecule has 0 atom stereocenters. The van der Waals surface area contributed by atoms with Crippen molar-refractivity contribution >= 4 is 28.3 Å². The maximum Gasteiger partial charge on any atom is 0.224 e. The lowest BCUT2D eigenvalue weighted by atomic mass is 10.1. The highest BCUT2D eigenvalue weighted by atomic mass is 35.5. The minimum atomic E-state index is 0.323. The van der Waals surface area contributed by atoms with Gasteiger partial charge in [-0.25, -0.2) is 4.98 Å². The molecule has 1 aromatic carbocycles. The molecular formula is C17H24ClN3. The summed E-state index contributed by atoms with van der Waals surface area (Å²) in [5.41, 5.74) is 0.909. The van der Waals surface area contributed by atoms with Crippen LogP contribution in [0.3, 0.4) is 0 Å². The first-order valence-corrected chi connectivity index (χ1v) is 8.13. The number of aromatic nitrogens is 2. The van der Waals surface area contributed by atoms with Gasteiger partial charge in [-0.15, -0.1) is 0 Å². The molecule has 0 spiro atoms. The molecule has 4 heteroatoms. The number of para-hydroxylation sites is 1. The highest BCUT2D eigenvalue weighted by Gasteiger charge is 2.21. The molecule has 0 radical (unpaired) electrons. The molecule has 114 valence electrons. The predicted molar refractivity (Wildman–Crippen MR) is 91.1 cm³/mol. The van der Waals surface area contributed by atoms with E-state index in [1.165, 1.54) is 0 Å². The number of rotatable bonds is 6. The van der Waals surface area contributed by atoms with Crippen molar-refractivity contribution in [3.63, 3.8) is 0 Å². The van der Waals surface area contributed by atoms with Gasteiger partial charge in [0.15, 0.2) is 0 Å². The first kappa shape index (κ1) is 16.0. The zero-order valence-corrected chi connectivity index (χ0v) is 14.1. The summed E-state index contributed by atoms with van der Waals surface area (Å²) in [4.78, 5) is 11.3. The third kappa shape index (κ3) is 3.65. The van der Waals surface area contributed by atoms with Crippen LogP contribution in [0, 0.1) is 5.92 Å². The molecule has 0 bridgehead atoms. The number of halogens is 1. The van der Waals surface area contributed by atoms with Gasteiger partial charge in [-0.3, -0.25) is 0 Å². The monoisotopic (exact) mass is 305 g/mol. The summed E-state index contributed by atoms with van der Waals surface area (Å²) in [5.74, 6) is 1.53. The molecule has 1 heterocycles. The van der Waals surface area contributed by atoms with Crippen molar-refractivity contribution in [1.82, 2.24) is 9.97 Å². The molecule has 3 nitrogen and oxygen atoms in total. The summed E-state index contributed by atoms with van der Waals surface area (Å²) in [7, 11) is 0. The van der Waals surface area contributed by atoms with E-state index >= 15 is 0 Å². The van der Waals surface area contributed by atoms with Crippen LogP contribution in [0.1, 0.15) is 40.5 Å². The summed E-state index contributed by atoms with van der Waals surface area (Å²) < 4.78 is 0. The van der Waals surface area contributed by atoms with E-state index in [-0.39, 0.29) is 0 Å². The van der Waals surface area contributed by atoms with Crippen molar-refractivity contribution < 1.29 is 0 Å². The van der Waals surface area contributed by atoms with Gasteiger partial charge < -0.3 is 4.90 Å². The standard InChI is InChI=1S/C17H24ClN3/c1-5-13(6-2)21(11-12(3)4)16-14-9-7-8-10-15(14)19-17(18)20-16/h7-10,12-13H,5-6,11H2,1-4H3. The summed E-state index contributed by atoms with van der Waals surface area (Å²) in [5, 5.41) is 1.40. The Morgan fingerprint density at radius 3 is 2.38 bits per heavy atom. The summed E-state index contributed by atoms with van der Waals surface area (Å²) in [6.45, 7) is 9.91. The van der Waals surface area contributed by atoms with E-state index in [4.69, 9.17) is 11.6 Å².